The van der Waals surface area contributed by atoms with Crippen molar-refractivity contribution in [1.82, 2.24) is 0 Å². The standard InChI is InChI=1S/C20H12F7NO5/c1-19(2)32-17(29)9(18(30)33-19)7-28-14-6-15(11(22)5-10(14)21)31-16-12(23)3-8(4-13(16)24)20(25,26)27/h3-7,28H,1-2H3. The van der Waals surface area contributed by atoms with Crippen molar-refractivity contribution in [3.63, 3.8) is 0 Å². The zero-order valence-corrected chi connectivity index (χ0v) is 16.6. The Hall–Kier alpha value is -3.77. The van der Waals surface area contributed by atoms with E-state index in [1.54, 1.807) is 0 Å². The molecule has 0 unspecified atom stereocenters. The number of halogens is 7. The second kappa shape index (κ2) is 8.30. The molecular formula is C20H12F7NO5. The average Bonchev–Trinajstić information content (AvgIpc) is 2.64. The van der Waals surface area contributed by atoms with Crippen LogP contribution in [0.5, 0.6) is 11.5 Å². The molecule has 1 aliphatic heterocycles. The maximum absolute atomic E-state index is 14.1. The minimum absolute atomic E-state index is 0.0643. The molecule has 1 saturated heterocycles. The fourth-order valence-corrected chi connectivity index (χ4v) is 2.58. The summed E-state index contributed by atoms with van der Waals surface area (Å²) in [6.07, 6.45) is -4.37. The summed E-state index contributed by atoms with van der Waals surface area (Å²) >= 11 is 0. The molecule has 0 radical (unpaired) electrons. The number of carbonyl (C=O) groups is 2. The first-order chi connectivity index (χ1) is 15.2. The van der Waals surface area contributed by atoms with Gasteiger partial charge < -0.3 is 19.5 Å². The lowest BCUT2D eigenvalue weighted by Crippen LogP contribution is -2.42. The smallest absolute Gasteiger partial charge is 0.416 e. The summed E-state index contributed by atoms with van der Waals surface area (Å²) < 4.78 is 108. The maximum atomic E-state index is 14.1. The highest BCUT2D eigenvalue weighted by Crippen LogP contribution is 2.37. The maximum Gasteiger partial charge on any atom is 0.416 e. The second-order valence-electron chi connectivity index (χ2n) is 7.01. The predicted molar refractivity (Wildman–Crippen MR) is 95.8 cm³/mol. The van der Waals surface area contributed by atoms with Crippen molar-refractivity contribution >= 4 is 17.6 Å². The van der Waals surface area contributed by atoms with E-state index >= 15 is 0 Å². The van der Waals surface area contributed by atoms with Gasteiger partial charge >= 0.3 is 18.1 Å². The number of hydrogen-bond acceptors (Lipinski definition) is 6. The Kier molecular flexibility index (Phi) is 6.00. The van der Waals surface area contributed by atoms with E-state index in [0.29, 0.717) is 12.3 Å². The number of nitrogens with one attached hydrogen (secondary N) is 1. The molecule has 2 aromatic carbocycles. The Balaban J connectivity index is 1.90. The fourth-order valence-electron chi connectivity index (χ4n) is 2.58. The van der Waals surface area contributed by atoms with Crippen LogP contribution in [0, 0.1) is 23.3 Å². The van der Waals surface area contributed by atoms with Gasteiger partial charge in [-0.25, -0.2) is 27.2 Å². The summed E-state index contributed by atoms with van der Waals surface area (Å²) in [6, 6.07) is 0.662. The highest BCUT2D eigenvalue weighted by molar-refractivity contribution is 6.15. The van der Waals surface area contributed by atoms with Gasteiger partial charge in [-0.15, -0.1) is 0 Å². The van der Waals surface area contributed by atoms with Crippen molar-refractivity contribution in [1.29, 1.82) is 0 Å². The number of anilines is 1. The van der Waals surface area contributed by atoms with Crippen molar-refractivity contribution in [2.24, 2.45) is 0 Å². The van der Waals surface area contributed by atoms with Gasteiger partial charge in [-0.1, -0.05) is 0 Å². The normalized spacial score (nSPS) is 15.6. The molecular weight excluding hydrogens is 467 g/mol. The Morgan fingerprint density at radius 3 is 1.94 bits per heavy atom. The number of carbonyl (C=O) groups excluding carboxylic acids is 2. The number of ether oxygens (including phenoxy) is 3. The molecule has 3 rings (SSSR count). The molecule has 0 atom stereocenters. The highest BCUT2D eigenvalue weighted by atomic mass is 19.4. The quantitative estimate of drug-likeness (QED) is 0.282. The van der Waals surface area contributed by atoms with Gasteiger partial charge in [0.15, 0.2) is 34.5 Å². The van der Waals surface area contributed by atoms with Gasteiger partial charge in [0, 0.05) is 32.2 Å². The number of esters is 2. The van der Waals surface area contributed by atoms with Crippen LogP contribution in [-0.2, 0) is 25.2 Å². The summed E-state index contributed by atoms with van der Waals surface area (Å²) in [4.78, 5) is 23.8. The Labute approximate surface area is 180 Å². The molecule has 1 N–H and O–H groups in total. The number of hydrogen-bond donors (Lipinski definition) is 1. The Morgan fingerprint density at radius 1 is 0.879 bits per heavy atom. The molecule has 0 amide bonds. The van der Waals surface area contributed by atoms with Crippen molar-refractivity contribution in [3.8, 4) is 11.5 Å². The van der Waals surface area contributed by atoms with Crippen LogP contribution in [0.1, 0.15) is 19.4 Å². The lowest BCUT2D eigenvalue weighted by atomic mass is 10.2. The fraction of sp³-hybridized carbons (Fsp3) is 0.200. The lowest BCUT2D eigenvalue weighted by molar-refractivity contribution is -0.222. The van der Waals surface area contributed by atoms with Gasteiger partial charge in [-0.05, 0) is 12.1 Å². The molecule has 176 valence electrons. The first kappa shape index (κ1) is 23.9. The number of benzene rings is 2. The van der Waals surface area contributed by atoms with Gasteiger partial charge in [-0.3, -0.25) is 0 Å². The highest BCUT2D eigenvalue weighted by Gasteiger charge is 2.39. The van der Waals surface area contributed by atoms with Gasteiger partial charge in [0.2, 0.25) is 0 Å². The van der Waals surface area contributed by atoms with Crippen LogP contribution in [0.2, 0.25) is 0 Å². The van der Waals surface area contributed by atoms with E-state index in [1.165, 1.54) is 13.8 Å². The van der Waals surface area contributed by atoms with Crippen LogP contribution in [0.25, 0.3) is 0 Å². The minimum Gasteiger partial charge on any atom is -0.448 e. The number of cyclic esters (lactones) is 2. The van der Waals surface area contributed by atoms with Crippen LogP contribution in [0.3, 0.4) is 0 Å². The first-order valence-corrected chi connectivity index (χ1v) is 8.84. The molecule has 1 heterocycles. The third-order valence-electron chi connectivity index (χ3n) is 4.05. The van der Waals surface area contributed by atoms with Crippen molar-refractivity contribution in [3.05, 3.63) is 64.9 Å². The van der Waals surface area contributed by atoms with Crippen LogP contribution in [0.15, 0.2) is 36.0 Å². The molecule has 0 spiro atoms. The van der Waals surface area contributed by atoms with Crippen LogP contribution in [0.4, 0.5) is 36.4 Å². The second-order valence-corrected chi connectivity index (χ2v) is 7.01. The number of alkyl halides is 3. The molecule has 13 heteroatoms. The zero-order chi connectivity index (χ0) is 24.7. The van der Waals surface area contributed by atoms with Gasteiger partial charge in [-0.2, -0.15) is 13.2 Å². The molecule has 0 bridgehead atoms. The summed E-state index contributed by atoms with van der Waals surface area (Å²) in [5.41, 5.74) is -2.95. The molecule has 1 fully saturated rings. The minimum atomic E-state index is -5.05. The monoisotopic (exact) mass is 479 g/mol. The molecule has 0 aliphatic carbocycles. The Bertz CT molecular complexity index is 1130. The van der Waals surface area contributed by atoms with E-state index < -0.39 is 75.5 Å². The van der Waals surface area contributed by atoms with Crippen LogP contribution in [-0.4, -0.2) is 17.7 Å². The molecule has 0 aromatic heterocycles. The molecule has 0 saturated carbocycles. The first-order valence-electron chi connectivity index (χ1n) is 8.84. The van der Waals surface area contributed by atoms with E-state index in [0.717, 1.165) is 0 Å². The summed E-state index contributed by atoms with van der Waals surface area (Å²) in [5, 5.41) is 2.16. The molecule has 1 aliphatic rings. The SMILES string of the molecule is CC1(C)OC(=O)C(=CNc2cc(Oc3c(F)cc(C(F)(F)F)cc3F)c(F)cc2F)C(=O)O1. The third kappa shape index (κ3) is 5.18. The molecule has 6 nitrogen and oxygen atoms in total. The van der Waals surface area contributed by atoms with Crippen molar-refractivity contribution in [2.75, 3.05) is 5.32 Å². The van der Waals surface area contributed by atoms with Crippen molar-refractivity contribution in [2.45, 2.75) is 25.8 Å². The average molecular weight is 479 g/mol. The third-order valence-corrected chi connectivity index (χ3v) is 4.05. The Morgan fingerprint density at radius 2 is 1.42 bits per heavy atom. The predicted octanol–water partition coefficient (Wildman–Crippen LogP) is 5.19. The summed E-state index contributed by atoms with van der Waals surface area (Å²) in [6.45, 7) is 2.57. The molecule has 2 aromatic rings. The zero-order valence-electron chi connectivity index (χ0n) is 16.6. The largest absolute Gasteiger partial charge is 0.448 e. The lowest BCUT2D eigenvalue weighted by Gasteiger charge is -2.29. The van der Waals surface area contributed by atoms with Gasteiger partial charge in [0.1, 0.15) is 5.82 Å². The van der Waals surface area contributed by atoms with E-state index in [9.17, 15) is 40.3 Å². The van der Waals surface area contributed by atoms with Gasteiger partial charge in [0.05, 0.1) is 11.3 Å². The van der Waals surface area contributed by atoms with Gasteiger partial charge in [0.25, 0.3) is 5.79 Å². The van der Waals surface area contributed by atoms with E-state index in [2.05, 4.69) is 5.32 Å². The topological polar surface area (TPSA) is 73.9 Å². The summed E-state index contributed by atoms with van der Waals surface area (Å²) in [7, 11) is 0. The van der Waals surface area contributed by atoms with E-state index in [1.807, 2.05) is 0 Å². The van der Waals surface area contributed by atoms with Crippen molar-refractivity contribution < 1.29 is 54.5 Å². The van der Waals surface area contributed by atoms with E-state index in [-0.39, 0.29) is 18.2 Å². The number of rotatable bonds is 4. The van der Waals surface area contributed by atoms with E-state index in [4.69, 9.17) is 14.2 Å². The van der Waals surface area contributed by atoms with Crippen LogP contribution < -0.4 is 10.1 Å². The molecule has 33 heavy (non-hydrogen) atoms. The summed E-state index contributed by atoms with van der Waals surface area (Å²) in [5.74, 6) is -12.4. The van der Waals surface area contributed by atoms with Crippen LogP contribution >= 0.6 is 0 Å².